The molecule has 0 aliphatic carbocycles. The standard InChI is InChI=1S/C33H33ClF3NO5/c1-19(2)16-38(17-20(3)4)18-26-27(42-32(40)22-8-6-21(5)7-9-22)15-14-25-28(39)30(31(33(35,36)37)43-29(25)26)41-24-12-10-23(34)11-13-24/h6-15,19-20H,16-18H2,1-5H3. The molecule has 0 aliphatic heterocycles. The zero-order chi connectivity index (χ0) is 31.5. The highest BCUT2D eigenvalue weighted by Gasteiger charge is 2.41. The molecule has 10 heteroatoms. The molecule has 0 radical (unpaired) electrons. The van der Waals surface area contributed by atoms with Gasteiger partial charge in [-0.05, 0) is 67.3 Å². The minimum absolute atomic E-state index is 0.00164. The third-order valence-electron chi connectivity index (χ3n) is 6.49. The summed E-state index contributed by atoms with van der Waals surface area (Å²) < 4.78 is 59.9. The number of hydrogen-bond acceptors (Lipinski definition) is 6. The molecule has 0 atom stereocenters. The molecule has 0 aliphatic rings. The smallest absolute Gasteiger partial charge is 0.449 e. The molecule has 0 bridgehead atoms. The predicted molar refractivity (Wildman–Crippen MR) is 160 cm³/mol. The van der Waals surface area contributed by atoms with Crippen LogP contribution in [0.2, 0.25) is 5.02 Å². The second kappa shape index (κ2) is 13.2. The number of aryl methyl sites for hydroxylation is 1. The molecule has 0 N–H and O–H groups in total. The van der Waals surface area contributed by atoms with Crippen LogP contribution in [0.5, 0.6) is 17.2 Å². The topological polar surface area (TPSA) is 69.0 Å². The third kappa shape index (κ3) is 7.97. The second-order valence-corrected chi connectivity index (χ2v) is 11.7. The number of hydrogen-bond donors (Lipinski definition) is 0. The monoisotopic (exact) mass is 615 g/mol. The van der Waals surface area contributed by atoms with E-state index < -0.39 is 29.1 Å². The molecular formula is C33H33ClF3NO5. The number of halogens is 4. The maximum Gasteiger partial charge on any atom is 0.453 e. The summed E-state index contributed by atoms with van der Waals surface area (Å²) in [5.74, 6) is -2.86. The van der Waals surface area contributed by atoms with Gasteiger partial charge in [-0.1, -0.05) is 57.0 Å². The Morgan fingerprint density at radius 1 is 0.930 bits per heavy atom. The number of alkyl halides is 3. The summed E-state index contributed by atoms with van der Waals surface area (Å²) in [6, 6.07) is 14.9. The van der Waals surface area contributed by atoms with Gasteiger partial charge in [-0.15, -0.1) is 0 Å². The van der Waals surface area contributed by atoms with Crippen LogP contribution in [-0.2, 0) is 12.7 Å². The maximum absolute atomic E-state index is 14.4. The molecule has 0 fully saturated rings. The summed E-state index contributed by atoms with van der Waals surface area (Å²) in [5.41, 5.74) is 0.0221. The van der Waals surface area contributed by atoms with Gasteiger partial charge >= 0.3 is 12.1 Å². The van der Waals surface area contributed by atoms with Crippen LogP contribution < -0.4 is 14.9 Å². The first kappa shape index (κ1) is 32.1. The van der Waals surface area contributed by atoms with E-state index in [1.54, 1.807) is 24.3 Å². The Morgan fingerprint density at radius 2 is 1.53 bits per heavy atom. The van der Waals surface area contributed by atoms with Crippen LogP contribution in [0.3, 0.4) is 0 Å². The first-order valence-corrected chi connectivity index (χ1v) is 14.2. The second-order valence-electron chi connectivity index (χ2n) is 11.3. The molecule has 0 saturated carbocycles. The van der Waals surface area contributed by atoms with Crippen LogP contribution >= 0.6 is 11.6 Å². The van der Waals surface area contributed by atoms with E-state index in [1.165, 1.54) is 36.4 Å². The highest BCUT2D eigenvalue weighted by Crippen LogP contribution is 2.40. The Kier molecular flexibility index (Phi) is 9.87. The van der Waals surface area contributed by atoms with Crippen molar-refractivity contribution in [1.29, 1.82) is 0 Å². The van der Waals surface area contributed by atoms with Gasteiger partial charge in [-0.25, -0.2) is 4.79 Å². The van der Waals surface area contributed by atoms with E-state index in [1.807, 2.05) is 39.5 Å². The van der Waals surface area contributed by atoms with E-state index in [4.69, 9.17) is 25.5 Å². The van der Waals surface area contributed by atoms with E-state index in [2.05, 4.69) is 0 Å². The van der Waals surface area contributed by atoms with Crippen molar-refractivity contribution in [1.82, 2.24) is 4.90 Å². The van der Waals surface area contributed by atoms with E-state index in [0.29, 0.717) is 18.1 Å². The van der Waals surface area contributed by atoms with E-state index in [-0.39, 0.29) is 52.0 Å². The summed E-state index contributed by atoms with van der Waals surface area (Å²) >= 11 is 5.89. The zero-order valence-corrected chi connectivity index (χ0v) is 25.3. The molecular weight excluding hydrogens is 583 g/mol. The number of benzene rings is 3. The molecule has 6 nitrogen and oxygen atoms in total. The predicted octanol–water partition coefficient (Wildman–Crippen LogP) is 8.90. The van der Waals surface area contributed by atoms with Crippen molar-refractivity contribution in [2.45, 2.75) is 47.3 Å². The summed E-state index contributed by atoms with van der Waals surface area (Å²) in [5, 5.41) is 0.204. The number of rotatable bonds is 10. The van der Waals surface area contributed by atoms with Gasteiger partial charge in [0.15, 0.2) is 0 Å². The number of nitrogens with zero attached hydrogens (tertiary/aromatic N) is 1. The minimum atomic E-state index is -5.07. The molecule has 0 spiro atoms. The van der Waals surface area contributed by atoms with Crippen LogP contribution in [0, 0.1) is 18.8 Å². The molecule has 3 aromatic carbocycles. The molecule has 1 heterocycles. The van der Waals surface area contributed by atoms with Crippen molar-refractivity contribution >= 4 is 28.5 Å². The zero-order valence-electron chi connectivity index (χ0n) is 24.5. The van der Waals surface area contributed by atoms with Gasteiger partial charge < -0.3 is 13.9 Å². The highest BCUT2D eigenvalue weighted by atomic mass is 35.5. The van der Waals surface area contributed by atoms with Gasteiger partial charge in [0.2, 0.25) is 11.2 Å². The van der Waals surface area contributed by atoms with Gasteiger partial charge in [0.05, 0.1) is 16.5 Å². The summed E-state index contributed by atoms with van der Waals surface area (Å²) in [4.78, 5) is 28.7. The van der Waals surface area contributed by atoms with Gasteiger partial charge in [0.25, 0.3) is 5.76 Å². The molecule has 1 aromatic heterocycles. The summed E-state index contributed by atoms with van der Waals surface area (Å²) in [6.07, 6.45) is -5.07. The Balaban J connectivity index is 1.92. The lowest BCUT2D eigenvalue weighted by atomic mass is 10.1. The van der Waals surface area contributed by atoms with Crippen molar-refractivity contribution in [3.05, 3.63) is 98.4 Å². The lowest BCUT2D eigenvalue weighted by Gasteiger charge is -2.27. The largest absolute Gasteiger partial charge is 0.453 e. The summed E-state index contributed by atoms with van der Waals surface area (Å²) in [6.45, 7) is 11.3. The van der Waals surface area contributed by atoms with E-state index >= 15 is 0 Å². The van der Waals surface area contributed by atoms with Crippen LogP contribution in [0.25, 0.3) is 11.0 Å². The van der Waals surface area contributed by atoms with Gasteiger partial charge in [-0.3, -0.25) is 9.69 Å². The van der Waals surface area contributed by atoms with Crippen LogP contribution in [0.15, 0.2) is 69.9 Å². The SMILES string of the molecule is Cc1ccc(C(=O)Oc2ccc3c(=O)c(Oc4ccc(Cl)cc4)c(C(F)(F)F)oc3c2CN(CC(C)C)CC(C)C)cc1. The number of ether oxygens (including phenoxy) is 2. The Bertz CT molecular complexity index is 1640. The first-order chi connectivity index (χ1) is 20.2. The van der Waals surface area contributed by atoms with Crippen LogP contribution in [0.1, 0.15) is 54.9 Å². The van der Waals surface area contributed by atoms with Crippen LogP contribution in [-0.4, -0.2) is 24.0 Å². The van der Waals surface area contributed by atoms with Crippen molar-refractivity contribution in [2.75, 3.05) is 13.1 Å². The Morgan fingerprint density at radius 3 is 2.09 bits per heavy atom. The number of carbonyl (C=O) groups is 1. The molecule has 43 heavy (non-hydrogen) atoms. The van der Waals surface area contributed by atoms with Crippen molar-refractivity contribution in [3.63, 3.8) is 0 Å². The third-order valence-corrected chi connectivity index (χ3v) is 6.74. The van der Waals surface area contributed by atoms with Crippen LogP contribution in [0.4, 0.5) is 13.2 Å². The first-order valence-electron chi connectivity index (χ1n) is 13.9. The van der Waals surface area contributed by atoms with E-state index in [0.717, 1.165) is 5.56 Å². The average molecular weight is 616 g/mol. The lowest BCUT2D eigenvalue weighted by molar-refractivity contribution is -0.154. The summed E-state index contributed by atoms with van der Waals surface area (Å²) in [7, 11) is 0. The number of carbonyl (C=O) groups excluding carboxylic acids is 1. The van der Waals surface area contributed by atoms with Crippen molar-refractivity contribution < 1.29 is 31.9 Å². The highest BCUT2D eigenvalue weighted by molar-refractivity contribution is 6.30. The van der Waals surface area contributed by atoms with Gasteiger partial charge in [-0.2, -0.15) is 13.2 Å². The fourth-order valence-corrected chi connectivity index (χ4v) is 4.86. The molecule has 0 saturated heterocycles. The van der Waals surface area contributed by atoms with Gasteiger partial charge in [0.1, 0.15) is 17.1 Å². The molecule has 0 amide bonds. The molecule has 4 aromatic rings. The van der Waals surface area contributed by atoms with Crippen molar-refractivity contribution in [3.8, 4) is 17.2 Å². The fourth-order valence-electron chi connectivity index (χ4n) is 4.73. The van der Waals surface area contributed by atoms with Gasteiger partial charge in [0, 0.05) is 24.7 Å². The van der Waals surface area contributed by atoms with E-state index in [9.17, 15) is 22.8 Å². The lowest BCUT2D eigenvalue weighted by Crippen LogP contribution is -2.31. The molecule has 228 valence electrons. The number of esters is 1. The Labute approximate surface area is 253 Å². The fraction of sp³-hybridized carbons (Fsp3) is 0.333. The number of fused-ring (bicyclic) bond motifs is 1. The average Bonchev–Trinajstić information content (AvgIpc) is 2.91. The maximum atomic E-state index is 14.4. The molecule has 0 unspecified atom stereocenters. The Hall–Kier alpha value is -3.82. The normalized spacial score (nSPS) is 12.0. The minimum Gasteiger partial charge on any atom is -0.449 e. The molecule has 4 rings (SSSR count). The quantitative estimate of drug-likeness (QED) is 0.131. The van der Waals surface area contributed by atoms with Crippen molar-refractivity contribution in [2.24, 2.45) is 11.8 Å².